The summed E-state index contributed by atoms with van der Waals surface area (Å²) in [5, 5.41) is 0. The summed E-state index contributed by atoms with van der Waals surface area (Å²) < 4.78 is 5.04. The second-order valence-electron chi connectivity index (χ2n) is 6.14. The van der Waals surface area contributed by atoms with Crippen molar-refractivity contribution >= 4 is 27.3 Å². The van der Waals surface area contributed by atoms with Crippen LogP contribution >= 0.6 is 0 Å². The van der Waals surface area contributed by atoms with Gasteiger partial charge in [-0.15, -0.1) is 0 Å². The second kappa shape index (κ2) is 14.7. The fourth-order valence-electron chi connectivity index (χ4n) is 2.42. The monoisotopic (exact) mass is 388 g/mol. The van der Waals surface area contributed by atoms with Gasteiger partial charge in [0, 0.05) is 0 Å². The van der Waals surface area contributed by atoms with Crippen LogP contribution in [0, 0.1) is 0 Å². The zero-order valence-corrected chi connectivity index (χ0v) is 17.6. The molecule has 0 saturated carbocycles. The molecule has 0 unspecified atom stereocenters. The second-order valence-corrected chi connectivity index (χ2v) is 14.7. The van der Waals surface area contributed by atoms with Crippen LogP contribution in [0.3, 0.4) is 0 Å². The summed E-state index contributed by atoms with van der Waals surface area (Å²) >= 11 is -0.839. The molecule has 1 saturated heterocycles. The van der Waals surface area contributed by atoms with Crippen molar-refractivity contribution in [3.05, 3.63) is 0 Å². The Hall–Kier alpha value is 0.784. The molecule has 20 heavy (non-hydrogen) atoms. The van der Waals surface area contributed by atoms with E-state index in [0.717, 1.165) is 0 Å². The Kier molecular flexibility index (Phi) is 15.3. The maximum atomic E-state index is 2.33. The molecule has 1 fully saturated rings. The van der Waals surface area contributed by atoms with Crippen molar-refractivity contribution in [2.24, 2.45) is 0 Å². The van der Waals surface area contributed by atoms with Gasteiger partial charge in [-0.2, -0.15) is 0 Å². The molecular formula is C16H37BN2Sn. The zero-order chi connectivity index (χ0) is 15.2. The average Bonchev–Trinajstić information content (AvgIpc) is 2.82. The van der Waals surface area contributed by atoms with Gasteiger partial charge in [-0.3, -0.25) is 0 Å². The smallest absolute Gasteiger partial charge is 0.312 e. The SMILES string of the molecule is CCC[CH2][Sn]([CH2]CCC)[CH2]CCC.CN1[B]N(C)CC1. The Morgan fingerprint density at radius 3 is 1.30 bits per heavy atom. The normalized spacial score (nSPS) is 16.1. The molecule has 1 aliphatic heterocycles. The fraction of sp³-hybridized carbons (Fsp3) is 1.00. The van der Waals surface area contributed by atoms with Crippen LogP contribution < -0.4 is 0 Å². The van der Waals surface area contributed by atoms with Crippen LogP contribution in [0.1, 0.15) is 59.3 Å². The number of unbranched alkanes of at least 4 members (excludes halogenated alkanes) is 3. The fourth-order valence-corrected chi connectivity index (χ4v) is 11.9. The molecule has 0 aromatic heterocycles. The largest absolute Gasteiger partial charge is 0.333 e. The van der Waals surface area contributed by atoms with E-state index < -0.39 is 19.8 Å². The molecule has 0 atom stereocenters. The number of hydrogen-bond donors (Lipinski definition) is 0. The van der Waals surface area contributed by atoms with Gasteiger partial charge in [0.25, 0.3) is 0 Å². The van der Waals surface area contributed by atoms with Crippen molar-refractivity contribution in [2.45, 2.75) is 72.6 Å². The molecule has 118 valence electrons. The minimum absolute atomic E-state index is 0.839. The number of likely N-dealkylation sites (N-methyl/N-ethyl adjacent to an activating group) is 2. The first-order valence-electron chi connectivity index (χ1n) is 8.73. The molecule has 1 rings (SSSR count). The van der Waals surface area contributed by atoms with Crippen LogP contribution in [0.25, 0.3) is 0 Å². The van der Waals surface area contributed by atoms with Crippen LogP contribution in [0.15, 0.2) is 0 Å². The molecule has 0 bridgehead atoms. The van der Waals surface area contributed by atoms with Crippen molar-refractivity contribution in [3.63, 3.8) is 0 Å². The van der Waals surface area contributed by atoms with Gasteiger partial charge in [0.15, 0.2) is 0 Å². The van der Waals surface area contributed by atoms with Crippen molar-refractivity contribution in [2.75, 3.05) is 27.2 Å². The standard InChI is InChI=1S/C4H10BN2.3C4H9.Sn/c1-6-3-4-7(2)5-6;3*1-3-4-2;/h3-4H2,1-2H3;3*1,3-4H2,2H3;. The molecule has 0 aromatic carbocycles. The predicted molar refractivity (Wildman–Crippen MR) is 95.9 cm³/mol. The Bertz CT molecular complexity index is 178. The minimum Gasteiger partial charge on any atom is -0.333 e. The Morgan fingerprint density at radius 1 is 0.750 bits per heavy atom. The van der Waals surface area contributed by atoms with Crippen molar-refractivity contribution in [1.82, 2.24) is 9.62 Å². The first kappa shape index (κ1) is 20.8. The summed E-state index contributed by atoms with van der Waals surface area (Å²) in [6, 6.07) is 0. The van der Waals surface area contributed by atoms with E-state index in [0.29, 0.717) is 0 Å². The quantitative estimate of drug-likeness (QED) is 0.546. The molecule has 1 aliphatic rings. The summed E-state index contributed by atoms with van der Waals surface area (Å²) in [6.45, 7) is 9.36. The van der Waals surface area contributed by atoms with Crippen LogP contribution in [0.2, 0.25) is 13.3 Å². The van der Waals surface area contributed by atoms with E-state index in [-0.39, 0.29) is 0 Å². The minimum atomic E-state index is -0.839. The van der Waals surface area contributed by atoms with E-state index in [9.17, 15) is 0 Å². The number of nitrogens with zero attached hydrogens (tertiary/aromatic N) is 2. The van der Waals surface area contributed by atoms with E-state index >= 15 is 0 Å². The van der Waals surface area contributed by atoms with Gasteiger partial charge in [-0.1, -0.05) is 0 Å². The third-order valence-corrected chi connectivity index (χ3v) is 12.9. The first-order valence-corrected chi connectivity index (χ1v) is 14.8. The van der Waals surface area contributed by atoms with E-state index in [2.05, 4.69) is 52.0 Å². The van der Waals surface area contributed by atoms with Gasteiger partial charge in [0.2, 0.25) is 0 Å². The Morgan fingerprint density at radius 2 is 1.10 bits per heavy atom. The average molecular weight is 387 g/mol. The van der Waals surface area contributed by atoms with Crippen molar-refractivity contribution in [3.8, 4) is 0 Å². The molecule has 0 aromatic rings. The summed E-state index contributed by atoms with van der Waals surface area (Å²) in [6.07, 6.45) is 8.85. The van der Waals surface area contributed by atoms with Crippen LogP contribution in [-0.4, -0.2) is 64.1 Å². The Labute approximate surface area is 136 Å². The number of hydrogen-bond acceptors (Lipinski definition) is 2. The van der Waals surface area contributed by atoms with Crippen molar-refractivity contribution < 1.29 is 0 Å². The summed E-state index contributed by atoms with van der Waals surface area (Å²) in [5.74, 6) is 0. The van der Waals surface area contributed by atoms with Gasteiger partial charge in [-0.25, -0.2) is 0 Å². The van der Waals surface area contributed by atoms with E-state index in [1.165, 1.54) is 51.6 Å². The zero-order valence-electron chi connectivity index (χ0n) is 14.7. The molecule has 1 heterocycles. The van der Waals surface area contributed by atoms with Crippen LogP contribution in [-0.2, 0) is 0 Å². The molecule has 0 amide bonds. The van der Waals surface area contributed by atoms with Gasteiger partial charge in [-0.05, 0) is 27.2 Å². The van der Waals surface area contributed by atoms with E-state index in [4.69, 9.17) is 0 Å². The number of rotatable bonds is 9. The summed E-state index contributed by atoms with van der Waals surface area (Å²) in [4.78, 5) is 4.36. The van der Waals surface area contributed by atoms with Crippen LogP contribution in [0.4, 0.5) is 0 Å². The maximum Gasteiger partial charge on any atom is 0.312 e. The van der Waals surface area contributed by atoms with Gasteiger partial charge in [0.05, 0.1) is 0 Å². The van der Waals surface area contributed by atoms with E-state index in [1.807, 2.05) is 0 Å². The van der Waals surface area contributed by atoms with Crippen molar-refractivity contribution in [1.29, 1.82) is 0 Å². The molecule has 2 radical (unpaired) electrons. The predicted octanol–water partition coefficient (Wildman–Crippen LogP) is 4.28. The summed E-state index contributed by atoms with van der Waals surface area (Å²) in [7, 11) is 6.28. The maximum absolute atomic E-state index is 2.33. The molecule has 2 nitrogen and oxygen atoms in total. The molecule has 0 aliphatic carbocycles. The molecule has 4 heteroatoms. The van der Waals surface area contributed by atoms with Crippen LogP contribution in [0.5, 0.6) is 0 Å². The summed E-state index contributed by atoms with van der Waals surface area (Å²) in [5.41, 5.74) is 0. The van der Waals surface area contributed by atoms with E-state index in [1.54, 1.807) is 13.3 Å². The van der Waals surface area contributed by atoms with Gasteiger partial charge in [0.1, 0.15) is 0 Å². The van der Waals surface area contributed by atoms with Gasteiger partial charge >= 0.3 is 99.9 Å². The third kappa shape index (κ3) is 12.5. The molecule has 0 N–H and O–H groups in total. The molecular weight excluding hydrogens is 350 g/mol. The topological polar surface area (TPSA) is 6.48 Å². The Balaban J connectivity index is 0.000000428. The molecule has 0 spiro atoms. The third-order valence-electron chi connectivity index (χ3n) is 3.85. The van der Waals surface area contributed by atoms with Gasteiger partial charge < -0.3 is 9.62 Å². The first-order chi connectivity index (χ1) is 9.63.